The average molecular weight is 477 g/mol. The third-order valence-electron chi connectivity index (χ3n) is 5.87. The van der Waals surface area contributed by atoms with E-state index in [1.54, 1.807) is 12.3 Å². The number of halogens is 1. The van der Waals surface area contributed by atoms with Gasteiger partial charge in [0.15, 0.2) is 11.6 Å². The van der Waals surface area contributed by atoms with Gasteiger partial charge >= 0.3 is 0 Å². The smallest absolute Gasteiger partial charge is 0.171 e. The number of methoxy groups -OCH3 is 1. The van der Waals surface area contributed by atoms with Gasteiger partial charge in [-0.3, -0.25) is 0 Å². The van der Waals surface area contributed by atoms with Crippen LogP contribution in [0.2, 0.25) is 0 Å². The molecule has 12 heteroatoms. The molecule has 180 valence electrons. The van der Waals surface area contributed by atoms with Gasteiger partial charge in [0.25, 0.3) is 0 Å². The molecule has 4 aromatic rings. The van der Waals surface area contributed by atoms with Gasteiger partial charge < -0.3 is 19.8 Å². The van der Waals surface area contributed by atoms with Crippen molar-refractivity contribution in [2.45, 2.75) is 31.8 Å². The first-order valence-corrected chi connectivity index (χ1v) is 11.2. The van der Waals surface area contributed by atoms with Crippen molar-refractivity contribution in [3.05, 3.63) is 77.5 Å². The molecule has 3 aromatic heterocycles. The molecule has 0 bridgehead atoms. The molecule has 0 aliphatic heterocycles. The number of nitrogens with zero attached hydrogens (tertiary/aromatic N) is 7. The fourth-order valence-corrected chi connectivity index (χ4v) is 3.92. The highest BCUT2D eigenvalue weighted by atomic mass is 19.1. The van der Waals surface area contributed by atoms with Crippen molar-refractivity contribution in [3.8, 4) is 11.4 Å². The highest BCUT2D eigenvalue weighted by Gasteiger charge is 2.23. The maximum atomic E-state index is 14.9. The number of fused-ring (bicyclic) bond motifs is 1. The average Bonchev–Trinajstić information content (AvgIpc) is 3.42. The Kier molecular flexibility index (Phi) is 6.44. The molecule has 1 fully saturated rings. The number of benzene rings is 1. The van der Waals surface area contributed by atoms with E-state index < -0.39 is 5.82 Å². The lowest BCUT2D eigenvalue weighted by Gasteiger charge is -2.13. The summed E-state index contributed by atoms with van der Waals surface area (Å²) in [6.07, 6.45) is 9.72. The summed E-state index contributed by atoms with van der Waals surface area (Å²) in [4.78, 5) is 4.62. The van der Waals surface area contributed by atoms with E-state index in [9.17, 15) is 4.39 Å². The minimum absolute atomic E-state index is 0.123. The van der Waals surface area contributed by atoms with Crippen LogP contribution in [0.15, 0.2) is 60.0 Å². The molecular weight excluding hydrogens is 451 g/mol. The summed E-state index contributed by atoms with van der Waals surface area (Å²) in [7, 11) is 1.41. The van der Waals surface area contributed by atoms with Gasteiger partial charge in [-0.15, -0.1) is 5.10 Å². The number of pyridine rings is 1. The van der Waals surface area contributed by atoms with Gasteiger partial charge in [0.2, 0.25) is 0 Å². The van der Waals surface area contributed by atoms with Gasteiger partial charge in [-0.1, -0.05) is 6.07 Å². The zero-order chi connectivity index (χ0) is 24.2. The standard InChI is InChI=1S/C23H25FN10O/c1-35-21-6-5-20(34-14-28-31-32-34)19(23(21)24)11-27-9-17(30-25)8-26-10-18-13-33-12-16(15-2-3-15)4-7-22(33)29-18/h4-8,12-15,25-27H,2-3,9-11H2,1H3/b17-8-,30-25?. The summed E-state index contributed by atoms with van der Waals surface area (Å²) in [5, 5.41) is 20.9. The fourth-order valence-electron chi connectivity index (χ4n) is 3.92. The summed E-state index contributed by atoms with van der Waals surface area (Å²) < 4.78 is 23.5. The molecule has 1 aromatic carbocycles. The molecule has 0 atom stereocenters. The number of nitrogens with one attached hydrogen (secondary N) is 3. The van der Waals surface area contributed by atoms with E-state index in [0.717, 1.165) is 11.3 Å². The van der Waals surface area contributed by atoms with Crippen molar-refractivity contribution in [2.75, 3.05) is 13.7 Å². The van der Waals surface area contributed by atoms with Gasteiger partial charge in [0.1, 0.15) is 12.0 Å². The lowest BCUT2D eigenvalue weighted by atomic mass is 10.1. The highest BCUT2D eigenvalue weighted by molar-refractivity contribution is 5.46. The summed E-state index contributed by atoms with van der Waals surface area (Å²) >= 11 is 0. The molecule has 0 radical (unpaired) electrons. The van der Waals surface area contributed by atoms with Gasteiger partial charge in [-0.25, -0.2) is 19.6 Å². The lowest BCUT2D eigenvalue weighted by molar-refractivity contribution is 0.383. The van der Waals surface area contributed by atoms with E-state index >= 15 is 0 Å². The van der Waals surface area contributed by atoms with Crippen LogP contribution < -0.4 is 15.4 Å². The first kappa shape index (κ1) is 22.6. The Labute approximate surface area is 200 Å². The van der Waals surface area contributed by atoms with E-state index in [1.165, 1.54) is 42.6 Å². The topological polar surface area (TPSA) is 130 Å². The molecule has 0 saturated heterocycles. The summed E-state index contributed by atoms with van der Waals surface area (Å²) in [6.45, 7) is 0.895. The van der Waals surface area contributed by atoms with E-state index in [-0.39, 0.29) is 18.8 Å². The zero-order valence-electron chi connectivity index (χ0n) is 19.1. The first-order chi connectivity index (χ1) is 17.2. The number of aromatic nitrogens is 6. The minimum atomic E-state index is -0.504. The fraction of sp³-hybridized carbons (Fsp3) is 0.304. The van der Waals surface area contributed by atoms with Crippen LogP contribution in [0, 0.1) is 11.3 Å². The van der Waals surface area contributed by atoms with Crippen LogP contribution >= 0.6 is 0 Å². The molecule has 1 aliphatic rings. The van der Waals surface area contributed by atoms with E-state index in [1.807, 2.05) is 12.3 Å². The molecule has 11 nitrogen and oxygen atoms in total. The monoisotopic (exact) mass is 476 g/mol. The molecule has 3 N–H and O–H groups in total. The predicted octanol–water partition coefficient (Wildman–Crippen LogP) is 3.09. The minimum Gasteiger partial charge on any atom is -0.494 e. The second kappa shape index (κ2) is 9.97. The predicted molar refractivity (Wildman–Crippen MR) is 125 cm³/mol. The van der Waals surface area contributed by atoms with Crippen LogP contribution in [0.25, 0.3) is 11.3 Å². The van der Waals surface area contributed by atoms with Gasteiger partial charge in [-0.2, -0.15) is 5.11 Å². The maximum absolute atomic E-state index is 14.9. The molecule has 5 rings (SSSR count). The third-order valence-corrected chi connectivity index (χ3v) is 5.87. The summed E-state index contributed by atoms with van der Waals surface area (Å²) in [5.74, 6) is 0.309. The molecule has 0 spiro atoms. The Hall–Kier alpha value is -4.19. The Morgan fingerprint density at radius 1 is 1.26 bits per heavy atom. The van der Waals surface area contributed by atoms with E-state index in [4.69, 9.17) is 10.3 Å². The van der Waals surface area contributed by atoms with Gasteiger partial charge in [0.05, 0.1) is 30.7 Å². The number of hydrogen-bond donors (Lipinski definition) is 3. The Balaban J connectivity index is 1.21. The number of ether oxygens (including phenoxy) is 1. The van der Waals surface area contributed by atoms with Crippen molar-refractivity contribution < 1.29 is 9.13 Å². The second-order valence-corrected chi connectivity index (χ2v) is 8.30. The van der Waals surface area contributed by atoms with Crippen molar-refractivity contribution >= 4 is 5.65 Å². The van der Waals surface area contributed by atoms with Crippen molar-refractivity contribution in [1.29, 1.82) is 5.53 Å². The quantitative estimate of drug-likeness (QED) is 0.284. The highest BCUT2D eigenvalue weighted by Crippen LogP contribution is 2.39. The van der Waals surface area contributed by atoms with Crippen molar-refractivity contribution in [3.63, 3.8) is 0 Å². The van der Waals surface area contributed by atoms with Crippen LogP contribution in [-0.2, 0) is 13.1 Å². The largest absolute Gasteiger partial charge is 0.494 e. The Morgan fingerprint density at radius 2 is 2.14 bits per heavy atom. The van der Waals surface area contributed by atoms with Crippen LogP contribution in [-0.4, -0.2) is 43.2 Å². The van der Waals surface area contributed by atoms with Gasteiger partial charge in [-0.05, 0) is 52.9 Å². The molecule has 0 amide bonds. The third kappa shape index (κ3) is 5.01. The number of imidazole rings is 1. The van der Waals surface area contributed by atoms with Crippen LogP contribution in [0.4, 0.5) is 4.39 Å². The van der Waals surface area contributed by atoms with Crippen molar-refractivity contribution in [2.24, 2.45) is 5.11 Å². The van der Waals surface area contributed by atoms with Crippen LogP contribution in [0.1, 0.15) is 35.6 Å². The number of tetrazole rings is 1. The Bertz CT molecular complexity index is 1360. The summed E-state index contributed by atoms with van der Waals surface area (Å²) in [5.41, 5.74) is 11.9. The molecule has 3 heterocycles. The SMILES string of the molecule is COc1ccc(-n2cnnn2)c(CNC/C(=C/NCc2cn3cc(C4CC4)ccc3n2)N=N)c1F. The first-order valence-electron chi connectivity index (χ1n) is 11.2. The lowest BCUT2D eigenvalue weighted by Crippen LogP contribution is -2.20. The zero-order valence-corrected chi connectivity index (χ0v) is 19.1. The second-order valence-electron chi connectivity index (χ2n) is 8.30. The number of rotatable bonds is 11. The molecule has 1 saturated carbocycles. The summed E-state index contributed by atoms with van der Waals surface area (Å²) in [6, 6.07) is 7.40. The van der Waals surface area contributed by atoms with E-state index in [2.05, 4.69) is 52.9 Å². The van der Waals surface area contributed by atoms with Crippen LogP contribution in [0.5, 0.6) is 5.75 Å². The van der Waals surface area contributed by atoms with Crippen LogP contribution in [0.3, 0.4) is 0 Å². The van der Waals surface area contributed by atoms with Gasteiger partial charge in [0, 0.05) is 37.2 Å². The maximum Gasteiger partial charge on any atom is 0.171 e. The molecule has 35 heavy (non-hydrogen) atoms. The normalized spacial score (nSPS) is 13.8. The van der Waals surface area contributed by atoms with E-state index in [0.29, 0.717) is 29.4 Å². The number of hydrogen-bond acceptors (Lipinski definition) is 9. The van der Waals surface area contributed by atoms with Crippen molar-refractivity contribution in [1.82, 2.24) is 40.2 Å². The molecular formula is C23H25FN10O. The molecule has 0 unspecified atom stereocenters. The Morgan fingerprint density at radius 3 is 2.89 bits per heavy atom. The molecule has 1 aliphatic carbocycles.